The van der Waals surface area contributed by atoms with Gasteiger partial charge in [-0.3, -0.25) is 0 Å². The van der Waals surface area contributed by atoms with Crippen molar-refractivity contribution in [2.75, 3.05) is 12.3 Å². The summed E-state index contributed by atoms with van der Waals surface area (Å²) in [5, 5.41) is 19.4. The topological polar surface area (TPSA) is 77.8 Å². The number of benzene rings is 1. The van der Waals surface area contributed by atoms with Crippen molar-refractivity contribution in [3.05, 3.63) is 22.7 Å². The molecule has 1 aromatic carbocycles. The van der Waals surface area contributed by atoms with Gasteiger partial charge in [0.15, 0.2) is 0 Å². The summed E-state index contributed by atoms with van der Waals surface area (Å²) in [7, 11) is -3.32. The molecule has 0 aliphatic carbocycles. The molecular formula is C12H16ClNO4S. The first-order valence-corrected chi connectivity index (χ1v) is 8.06. The molecule has 2 rings (SSSR count). The highest BCUT2D eigenvalue weighted by Crippen LogP contribution is 2.41. The summed E-state index contributed by atoms with van der Waals surface area (Å²) >= 11 is 5.83. The van der Waals surface area contributed by atoms with Crippen LogP contribution in [-0.2, 0) is 10.0 Å². The van der Waals surface area contributed by atoms with Crippen LogP contribution in [0.15, 0.2) is 12.1 Å². The molecule has 0 bridgehead atoms. The molecule has 1 atom stereocenters. The van der Waals surface area contributed by atoms with E-state index in [-0.39, 0.29) is 22.3 Å². The maximum Gasteiger partial charge on any atom is 0.214 e. The van der Waals surface area contributed by atoms with E-state index in [1.165, 1.54) is 10.4 Å². The fourth-order valence-electron chi connectivity index (χ4n) is 2.38. The van der Waals surface area contributed by atoms with Crippen LogP contribution in [0.3, 0.4) is 0 Å². The molecule has 0 saturated carbocycles. The van der Waals surface area contributed by atoms with Crippen LogP contribution >= 0.6 is 11.6 Å². The molecule has 1 aliphatic rings. The van der Waals surface area contributed by atoms with Crippen LogP contribution in [0.5, 0.6) is 11.5 Å². The number of phenols is 2. The van der Waals surface area contributed by atoms with Crippen molar-refractivity contribution in [3.8, 4) is 11.5 Å². The number of halogens is 1. The Labute approximate surface area is 117 Å². The lowest BCUT2D eigenvalue weighted by molar-refractivity contribution is 0.378. The van der Waals surface area contributed by atoms with E-state index in [2.05, 4.69) is 0 Å². The smallest absolute Gasteiger partial charge is 0.214 e. The summed E-state index contributed by atoms with van der Waals surface area (Å²) in [4.78, 5) is 0. The summed E-state index contributed by atoms with van der Waals surface area (Å²) in [6, 6.07) is 2.16. The molecule has 1 saturated heterocycles. The van der Waals surface area contributed by atoms with Crippen molar-refractivity contribution in [1.82, 2.24) is 4.31 Å². The SMILES string of the molecule is CCS(=O)(=O)N1CCCC1c1cc(Cl)c(O)cc1O. The van der Waals surface area contributed by atoms with E-state index in [0.29, 0.717) is 18.5 Å². The van der Waals surface area contributed by atoms with Crippen LogP contribution in [0.2, 0.25) is 5.02 Å². The van der Waals surface area contributed by atoms with Gasteiger partial charge in [-0.1, -0.05) is 11.6 Å². The average molecular weight is 306 g/mol. The Balaban J connectivity index is 2.44. The zero-order chi connectivity index (χ0) is 14.2. The second kappa shape index (κ2) is 5.19. The van der Waals surface area contributed by atoms with Crippen molar-refractivity contribution in [3.63, 3.8) is 0 Å². The van der Waals surface area contributed by atoms with E-state index in [1.807, 2.05) is 0 Å². The fraction of sp³-hybridized carbons (Fsp3) is 0.500. The average Bonchev–Trinajstić information content (AvgIpc) is 2.83. The summed E-state index contributed by atoms with van der Waals surface area (Å²) in [6.07, 6.45) is 1.37. The third-order valence-electron chi connectivity index (χ3n) is 3.38. The number of nitrogens with zero attached hydrogens (tertiary/aromatic N) is 1. The van der Waals surface area contributed by atoms with Gasteiger partial charge in [0.05, 0.1) is 16.8 Å². The van der Waals surface area contributed by atoms with Gasteiger partial charge in [0, 0.05) is 18.2 Å². The van der Waals surface area contributed by atoms with Gasteiger partial charge in [-0.15, -0.1) is 0 Å². The van der Waals surface area contributed by atoms with E-state index in [1.54, 1.807) is 6.92 Å². The standard InChI is InChI=1S/C12H16ClNO4S/c1-2-19(17,18)14-5-3-4-10(14)8-6-9(13)12(16)7-11(8)15/h6-7,10,15-16H,2-5H2,1H3. The van der Waals surface area contributed by atoms with Crippen LogP contribution in [0, 0.1) is 0 Å². The third kappa shape index (κ3) is 2.66. The van der Waals surface area contributed by atoms with E-state index < -0.39 is 16.1 Å². The van der Waals surface area contributed by atoms with Crippen molar-refractivity contribution >= 4 is 21.6 Å². The highest BCUT2D eigenvalue weighted by atomic mass is 35.5. The van der Waals surface area contributed by atoms with Crippen LogP contribution in [0.1, 0.15) is 31.4 Å². The van der Waals surface area contributed by atoms with Crippen LogP contribution in [0.25, 0.3) is 0 Å². The fourth-order valence-corrected chi connectivity index (χ4v) is 3.90. The summed E-state index contributed by atoms with van der Waals surface area (Å²) in [6.45, 7) is 2.03. The molecule has 106 valence electrons. The maximum atomic E-state index is 12.0. The zero-order valence-corrected chi connectivity index (χ0v) is 12.1. The first-order valence-electron chi connectivity index (χ1n) is 6.07. The van der Waals surface area contributed by atoms with Gasteiger partial charge < -0.3 is 10.2 Å². The second-order valence-corrected chi connectivity index (χ2v) is 7.15. The lowest BCUT2D eigenvalue weighted by Crippen LogP contribution is -2.31. The maximum absolute atomic E-state index is 12.0. The highest BCUT2D eigenvalue weighted by molar-refractivity contribution is 7.89. The third-order valence-corrected chi connectivity index (χ3v) is 5.56. The highest BCUT2D eigenvalue weighted by Gasteiger charge is 2.35. The van der Waals surface area contributed by atoms with Crippen molar-refractivity contribution < 1.29 is 18.6 Å². The summed E-state index contributed by atoms with van der Waals surface area (Å²) in [5.41, 5.74) is 0.442. The Morgan fingerprint density at radius 3 is 2.68 bits per heavy atom. The van der Waals surface area contributed by atoms with Crippen LogP contribution in [-0.4, -0.2) is 35.2 Å². The molecule has 1 heterocycles. The predicted molar refractivity (Wildman–Crippen MR) is 72.9 cm³/mol. The van der Waals surface area contributed by atoms with Gasteiger partial charge in [-0.2, -0.15) is 4.31 Å². The summed E-state index contributed by atoms with van der Waals surface area (Å²) in [5.74, 6) is -0.327. The molecule has 0 aromatic heterocycles. The quantitative estimate of drug-likeness (QED) is 0.897. The Kier molecular flexibility index (Phi) is 3.94. The molecular weight excluding hydrogens is 290 g/mol. The molecule has 0 radical (unpaired) electrons. The van der Waals surface area contributed by atoms with Gasteiger partial charge in [0.25, 0.3) is 0 Å². The molecule has 0 spiro atoms. The number of sulfonamides is 1. The van der Waals surface area contributed by atoms with E-state index >= 15 is 0 Å². The Morgan fingerprint density at radius 2 is 2.05 bits per heavy atom. The van der Waals surface area contributed by atoms with E-state index in [4.69, 9.17) is 11.6 Å². The second-order valence-electron chi connectivity index (χ2n) is 4.53. The number of hydrogen-bond donors (Lipinski definition) is 2. The molecule has 5 nitrogen and oxygen atoms in total. The first-order chi connectivity index (χ1) is 8.86. The van der Waals surface area contributed by atoms with Gasteiger partial charge in [0.2, 0.25) is 10.0 Å². The van der Waals surface area contributed by atoms with Gasteiger partial charge >= 0.3 is 0 Å². The number of phenolic OH excluding ortho intramolecular Hbond substituents is 2. The van der Waals surface area contributed by atoms with E-state index in [9.17, 15) is 18.6 Å². The van der Waals surface area contributed by atoms with Crippen molar-refractivity contribution in [2.45, 2.75) is 25.8 Å². The summed E-state index contributed by atoms with van der Waals surface area (Å²) < 4.78 is 25.4. The Bertz CT molecular complexity index is 588. The van der Waals surface area contributed by atoms with Gasteiger partial charge in [-0.25, -0.2) is 8.42 Å². The Hall–Kier alpha value is -0.980. The van der Waals surface area contributed by atoms with Crippen LogP contribution < -0.4 is 0 Å². The van der Waals surface area contributed by atoms with E-state index in [0.717, 1.165) is 12.5 Å². The van der Waals surface area contributed by atoms with Gasteiger partial charge in [-0.05, 0) is 25.8 Å². The first kappa shape index (κ1) is 14.4. The van der Waals surface area contributed by atoms with Crippen molar-refractivity contribution in [2.24, 2.45) is 0 Å². The number of rotatable bonds is 3. The number of hydrogen-bond acceptors (Lipinski definition) is 4. The van der Waals surface area contributed by atoms with Gasteiger partial charge in [0.1, 0.15) is 11.5 Å². The molecule has 0 amide bonds. The largest absolute Gasteiger partial charge is 0.507 e. The molecule has 1 unspecified atom stereocenters. The number of aromatic hydroxyl groups is 2. The minimum absolute atomic E-state index is 0.0239. The minimum atomic E-state index is -3.32. The lowest BCUT2D eigenvalue weighted by atomic mass is 10.0. The monoisotopic (exact) mass is 305 g/mol. The molecule has 1 fully saturated rings. The molecule has 19 heavy (non-hydrogen) atoms. The molecule has 1 aromatic rings. The Morgan fingerprint density at radius 1 is 1.37 bits per heavy atom. The zero-order valence-electron chi connectivity index (χ0n) is 10.5. The molecule has 2 N–H and O–H groups in total. The molecule has 7 heteroatoms. The van der Waals surface area contributed by atoms with Crippen molar-refractivity contribution in [1.29, 1.82) is 0 Å². The minimum Gasteiger partial charge on any atom is -0.507 e. The normalized spacial score (nSPS) is 20.8. The lowest BCUT2D eigenvalue weighted by Gasteiger charge is -2.24. The van der Waals surface area contributed by atoms with Crippen LogP contribution in [0.4, 0.5) is 0 Å². The predicted octanol–water partition coefficient (Wildman–Crippen LogP) is 2.24. The molecule has 1 aliphatic heterocycles.